The molecule has 1 rings (SSSR count). The minimum absolute atomic E-state index is 0.327. The van der Waals surface area contributed by atoms with Gasteiger partial charge in [0.25, 0.3) is 0 Å². The Hall–Kier alpha value is -1.08. The third-order valence-corrected chi connectivity index (χ3v) is 2.39. The van der Waals surface area contributed by atoms with Crippen LogP contribution >= 0.6 is 0 Å². The van der Waals surface area contributed by atoms with Gasteiger partial charge in [0.05, 0.1) is 0 Å². The molecule has 0 fully saturated rings. The summed E-state index contributed by atoms with van der Waals surface area (Å²) in [6.45, 7) is 0.327. The van der Waals surface area contributed by atoms with E-state index >= 15 is 0 Å². The van der Waals surface area contributed by atoms with Gasteiger partial charge in [0.2, 0.25) is 0 Å². The zero-order valence-corrected chi connectivity index (χ0v) is 9.23. The van der Waals surface area contributed by atoms with Crippen molar-refractivity contribution in [2.24, 2.45) is 0 Å². The normalized spacial score (nSPS) is 11.0. The Balaban J connectivity index is 2.07. The molecule has 0 aromatic heterocycles. The number of aliphatic hydroxyl groups is 1. The predicted molar refractivity (Wildman–Crippen MR) is 64.8 cm³/mol. The monoisotopic (exact) mass is 204 g/mol. The molecule has 0 atom stereocenters. The molecule has 0 unspecified atom stereocenters. The molecule has 0 saturated heterocycles. The summed E-state index contributed by atoms with van der Waals surface area (Å²) in [6, 6.07) is 10.5. The van der Waals surface area contributed by atoms with E-state index < -0.39 is 0 Å². The SMILES string of the molecule is OCCCCCC=CCc1ccccc1. The molecule has 0 aliphatic heterocycles. The summed E-state index contributed by atoms with van der Waals surface area (Å²) in [6.07, 6.45) is 9.89. The quantitative estimate of drug-likeness (QED) is 0.533. The summed E-state index contributed by atoms with van der Waals surface area (Å²) < 4.78 is 0. The van der Waals surface area contributed by atoms with Crippen molar-refractivity contribution in [1.82, 2.24) is 0 Å². The number of hydrogen-bond donors (Lipinski definition) is 1. The van der Waals surface area contributed by atoms with Gasteiger partial charge in [0, 0.05) is 6.61 Å². The van der Waals surface area contributed by atoms with E-state index in [1.165, 1.54) is 12.0 Å². The number of unbranched alkanes of at least 4 members (excludes halogenated alkanes) is 3. The zero-order chi connectivity index (χ0) is 10.8. The van der Waals surface area contributed by atoms with Crippen LogP contribution in [0, 0.1) is 0 Å². The molecule has 0 amide bonds. The largest absolute Gasteiger partial charge is 0.396 e. The van der Waals surface area contributed by atoms with Crippen molar-refractivity contribution in [3.8, 4) is 0 Å². The Morgan fingerprint density at radius 3 is 2.47 bits per heavy atom. The van der Waals surface area contributed by atoms with Crippen LogP contribution in [0.3, 0.4) is 0 Å². The molecule has 0 spiro atoms. The molecule has 0 saturated carbocycles. The minimum atomic E-state index is 0.327. The third-order valence-electron chi connectivity index (χ3n) is 2.39. The third kappa shape index (κ3) is 6.08. The highest BCUT2D eigenvalue weighted by Gasteiger charge is 1.87. The Labute approximate surface area is 92.5 Å². The van der Waals surface area contributed by atoms with Crippen LogP contribution in [0.5, 0.6) is 0 Å². The van der Waals surface area contributed by atoms with Gasteiger partial charge in [-0.05, 0) is 31.2 Å². The molecule has 82 valence electrons. The summed E-state index contributed by atoms with van der Waals surface area (Å²) in [5.74, 6) is 0. The van der Waals surface area contributed by atoms with Crippen molar-refractivity contribution in [3.63, 3.8) is 0 Å². The van der Waals surface area contributed by atoms with Gasteiger partial charge in [-0.25, -0.2) is 0 Å². The second-order valence-corrected chi connectivity index (χ2v) is 3.73. The maximum absolute atomic E-state index is 8.60. The molecule has 15 heavy (non-hydrogen) atoms. The van der Waals surface area contributed by atoms with Gasteiger partial charge in [-0.1, -0.05) is 48.9 Å². The molecular formula is C14H20O. The van der Waals surface area contributed by atoms with E-state index in [-0.39, 0.29) is 0 Å². The molecular weight excluding hydrogens is 184 g/mol. The lowest BCUT2D eigenvalue weighted by atomic mass is 10.1. The molecule has 0 aliphatic rings. The average molecular weight is 204 g/mol. The maximum atomic E-state index is 8.60. The van der Waals surface area contributed by atoms with Gasteiger partial charge in [0.1, 0.15) is 0 Å². The second-order valence-electron chi connectivity index (χ2n) is 3.73. The Morgan fingerprint density at radius 2 is 1.73 bits per heavy atom. The van der Waals surface area contributed by atoms with Gasteiger partial charge in [-0.3, -0.25) is 0 Å². The lowest BCUT2D eigenvalue weighted by Gasteiger charge is -1.95. The summed E-state index contributed by atoms with van der Waals surface area (Å²) >= 11 is 0. The van der Waals surface area contributed by atoms with Crippen LogP contribution in [0.1, 0.15) is 31.2 Å². The minimum Gasteiger partial charge on any atom is -0.396 e. The fraction of sp³-hybridized carbons (Fsp3) is 0.429. The van der Waals surface area contributed by atoms with Gasteiger partial charge >= 0.3 is 0 Å². The first kappa shape index (κ1) is 12.0. The molecule has 1 N–H and O–H groups in total. The van der Waals surface area contributed by atoms with Crippen LogP contribution in [-0.2, 0) is 6.42 Å². The maximum Gasteiger partial charge on any atom is 0.0431 e. The molecule has 0 radical (unpaired) electrons. The molecule has 1 aromatic rings. The summed E-state index contributed by atoms with van der Waals surface area (Å²) in [5, 5.41) is 8.60. The second kappa shape index (κ2) is 8.25. The van der Waals surface area contributed by atoms with Gasteiger partial charge in [0.15, 0.2) is 0 Å². The van der Waals surface area contributed by atoms with E-state index in [4.69, 9.17) is 5.11 Å². The van der Waals surface area contributed by atoms with Crippen molar-refractivity contribution in [2.75, 3.05) is 6.61 Å². The van der Waals surface area contributed by atoms with E-state index in [9.17, 15) is 0 Å². The first-order valence-corrected chi connectivity index (χ1v) is 5.73. The molecule has 0 aliphatic carbocycles. The van der Waals surface area contributed by atoms with Gasteiger partial charge < -0.3 is 5.11 Å². The fourth-order valence-corrected chi connectivity index (χ4v) is 1.50. The highest BCUT2D eigenvalue weighted by Crippen LogP contribution is 2.03. The van der Waals surface area contributed by atoms with Crippen LogP contribution in [0.15, 0.2) is 42.5 Å². The van der Waals surface area contributed by atoms with E-state index in [1.54, 1.807) is 0 Å². The van der Waals surface area contributed by atoms with Crippen molar-refractivity contribution in [1.29, 1.82) is 0 Å². The molecule has 0 heterocycles. The highest BCUT2D eigenvalue weighted by atomic mass is 16.2. The van der Waals surface area contributed by atoms with E-state index in [0.29, 0.717) is 6.61 Å². The van der Waals surface area contributed by atoms with Crippen molar-refractivity contribution < 1.29 is 5.11 Å². The number of rotatable bonds is 7. The summed E-state index contributed by atoms with van der Waals surface area (Å²) in [4.78, 5) is 0. The molecule has 1 aromatic carbocycles. The highest BCUT2D eigenvalue weighted by molar-refractivity contribution is 5.17. The van der Waals surface area contributed by atoms with E-state index in [1.807, 2.05) is 6.07 Å². The van der Waals surface area contributed by atoms with E-state index in [2.05, 4.69) is 36.4 Å². The first-order chi connectivity index (χ1) is 7.43. The lowest BCUT2D eigenvalue weighted by molar-refractivity contribution is 0.283. The number of hydrogen-bond acceptors (Lipinski definition) is 1. The van der Waals surface area contributed by atoms with Crippen LogP contribution in [0.2, 0.25) is 0 Å². The smallest absolute Gasteiger partial charge is 0.0431 e. The topological polar surface area (TPSA) is 20.2 Å². The van der Waals surface area contributed by atoms with Crippen LogP contribution < -0.4 is 0 Å². The number of benzene rings is 1. The van der Waals surface area contributed by atoms with Crippen molar-refractivity contribution in [2.45, 2.75) is 32.1 Å². The van der Waals surface area contributed by atoms with Crippen molar-refractivity contribution >= 4 is 0 Å². The standard InChI is InChI=1S/C14H20O/c15-13-9-4-2-1-3-6-10-14-11-7-5-8-12-14/h3,5-8,11-12,15H,1-2,4,9-10,13H2. The summed E-state index contributed by atoms with van der Waals surface area (Å²) in [7, 11) is 0. The van der Waals surface area contributed by atoms with Gasteiger partial charge in [-0.2, -0.15) is 0 Å². The molecule has 0 bridgehead atoms. The van der Waals surface area contributed by atoms with Crippen molar-refractivity contribution in [3.05, 3.63) is 48.0 Å². The molecule has 1 heteroatoms. The Morgan fingerprint density at radius 1 is 0.933 bits per heavy atom. The first-order valence-electron chi connectivity index (χ1n) is 5.73. The number of allylic oxidation sites excluding steroid dienone is 2. The zero-order valence-electron chi connectivity index (χ0n) is 9.23. The van der Waals surface area contributed by atoms with Gasteiger partial charge in [-0.15, -0.1) is 0 Å². The van der Waals surface area contributed by atoms with E-state index in [0.717, 1.165) is 25.7 Å². The lowest BCUT2D eigenvalue weighted by Crippen LogP contribution is -1.82. The average Bonchev–Trinajstić information content (AvgIpc) is 2.29. The predicted octanol–water partition coefficient (Wildman–Crippen LogP) is 3.34. The van der Waals surface area contributed by atoms with Crippen LogP contribution in [-0.4, -0.2) is 11.7 Å². The van der Waals surface area contributed by atoms with Crippen LogP contribution in [0.4, 0.5) is 0 Å². The Bertz CT molecular complexity index is 264. The molecule has 1 nitrogen and oxygen atoms in total. The fourth-order valence-electron chi connectivity index (χ4n) is 1.50. The summed E-state index contributed by atoms with van der Waals surface area (Å²) in [5.41, 5.74) is 1.36. The Kier molecular flexibility index (Phi) is 6.59. The van der Waals surface area contributed by atoms with Crippen LogP contribution in [0.25, 0.3) is 0 Å². The number of aliphatic hydroxyl groups excluding tert-OH is 1.